The van der Waals surface area contributed by atoms with E-state index >= 15 is 0 Å². The molecule has 0 aliphatic carbocycles. The van der Waals surface area contributed by atoms with Gasteiger partial charge in [-0.2, -0.15) is 0 Å². The van der Waals surface area contributed by atoms with Crippen LogP contribution in [0, 0.1) is 20.8 Å². The maximum absolute atomic E-state index is 3.61. The molecule has 0 amide bonds. The molecule has 0 aliphatic rings. The second-order valence-electron chi connectivity index (χ2n) is 6.23. The van der Waals surface area contributed by atoms with Crippen molar-refractivity contribution in [1.82, 2.24) is 0 Å². The summed E-state index contributed by atoms with van der Waals surface area (Å²) in [6.45, 7) is 6.51. The van der Waals surface area contributed by atoms with Gasteiger partial charge in [-0.15, -0.1) is 0 Å². The molecule has 0 saturated heterocycles. The average molecular weight is 313 g/mol. The maximum atomic E-state index is 3.61. The quantitative estimate of drug-likeness (QED) is 0.564. The lowest BCUT2D eigenvalue weighted by atomic mass is 9.96. The van der Waals surface area contributed by atoms with Crippen molar-refractivity contribution in [2.75, 3.05) is 5.32 Å². The largest absolute Gasteiger partial charge is 0.355 e. The normalized spacial score (nSPS) is 11.4. The first-order valence-electron chi connectivity index (χ1n) is 8.30. The number of para-hydroxylation sites is 1. The van der Waals surface area contributed by atoms with Crippen molar-refractivity contribution in [2.24, 2.45) is 0 Å². The van der Waals surface area contributed by atoms with Crippen LogP contribution in [0.5, 0.6) is 0 Å². The number of rotatable bonds is 4. The summed E-state index contributed by atoms with van der Waals surface area (Å²) in [5.41, 5.74) is 8.56. The van der Waals surface area contributed by atoms with Crippen LogP contribution < -0.4 is 5.32 Å². The highest BCUT2D eigenvalue weighted by atomic mass is 14.9. The summed E-state index contributed by atoms with van der Waals surface area (Å²) < 4.78 is 0. The van der Waals surface area contributed by atoms with Gasteiger partial charge in [-0.25, -0.2) is 0 Å². The Kier molecular flexibility index (Phi) is 4.81. The molecule has 1 N–H and O–H groups in total. The molecule has 120 valence electrons. The lowest BCUT2D eigenvalue weighted by molar-refractivity contribution is 1.28. The van der Waals surface area contributed by atoms with Crippen LogP contribution in [0.25, 0.3) is 11.8 Å². The van der Waals surface area contributed by atoms with Crippen LogP contribution in [-0.4, -0.2) is 0 Å². The molecule has 3 rings (SSSR count). The van der Waals surface area contributed by atoms with E-state index in [0.29, 0.717) is 0 Å². The van der Waals surface area contributed by atoms with E-state index in [1.165, 1.54) is 27.8 Å². The predicted octanol–water partition coefficient (Wildman–Crippen LogP) is 6.22. The van der Waals surface area contributed by atoms with Crippen LogP contribution in [0.3, 0.4) is 0 Å². The summed E-state index contributed by atoms with van der Waals surface area (Å²) in [5.74, 6) is 0. The van der Waals surface area contributed by atoms with Gasteiger partial charge in [-0.1, -0.05) is 66.2 Å². The molecule has 3 aromatic rings. The zero-order chi connectivity index (χ0) is 16.9. The number of nitrogens with one attached hydrogen (secondary N) is 1. The first-order chi connectivity index (χ1) is 11.6. The Balaban J connectivity index is 2.11. The molecular weight excluding hydrogens is 290 g/mol. The molecule has 0 bridgehead atoms. The van der Waals surface area contributed by atoms with Gasteiger partial charge in [0, 0.05) is 16.9 Å². The van der Waals surface area contributed by atoms with Gasteiger partial charge >= 0.3 is 0 Å². The zero-order valence-electron chi connectivity index (χ0n) is 14.5. The third-order valence-corrected chi connectivity index (χ3v) is 4.11. The number of aryl methyl sites for hydroxylation is 3. The molecule has 1 heteroatoms. The van der Waals surface area contributed by atoms with Crippen LogP contribution in [0.2, 0.25) is 0 Å². The number of hydrogen-bond donors (Lipinski definition) is 1. The van der Waals surface area contributed by atoms with Gasteiger partial charge < -0.3 is 5.32 Å². The highest BCUT2D eigenvalue weighted by Crippen LogP contribution is 2.28. The lowest BCUT2D eigenvalue weighted by Gasteiger charge is -2.17. The van der Waals surface area contributed by atoms with Crippen molar-refractivity contribution in [2.45, 2.75) is 20.8 Å². The molecule has 0 aromatic heterocycles. The molecule has 0 radical (unpaired) electrons. The van der Waals surface area contributed by atoms with Gasteiger partial charge in [0.2, 0.25) is 0 Å². The Morgan fingerprint density at radius 3 is 1.88 bits per heavy atom. The van der Waals surface area contributed by atoms with Crippen molar-refractivity contribution in [1.29, 1.82) is 0 Å². The smallest absolute Gasteiger partial charge is 0.0469 e. The summed E-state index contributed by atoms with van der Waals surface area (Å²) in [7, 11) is 0. The molecule has 0 spiro atoms. The van der Waals surface area contributed by atoms with E-state index in [2.05, 4.69) is 92.8 Å². The van der Waals surface area contributed by atoms with Gasteiger partial charge in [0.1, 0.15) is 0 Å². The highest BCUT2D eigenvalue weighted by molar-refractivity contribution is 5.90. The lowest BCUT2D eigenvalue weighted by Crippen LogP contribution is -2.03. The molecule has 1 nitrogen and oxygen atoms in total. The Hall–Kier alpha value is -2.80. The summed E-state index contributed by atoms with van der Waals surface area (Å²) >= 11 is 0. The Labute approximate surface area is 144 Å². The van der Waals surface area contributed by atoms with Crippen molar-refractivity contribution in [3.63, 3.8) is 0 Å². The van der Waals surface area contributed by atoms with Gasteiger partial charge in [0.15, 0.2) is 0 Å². The fourth-order valence-corrected chi connectivity index (χ4v) is 3.17. The summed E-state index contributed by atoms with van der Waals surface area (Å²) in [5, 5.41) is 3.61. The third kappa shape index (κ3) is 3.75. The minimum atomic E-state index is 1.10. The van der Waals surface area contributed by atoms with E-state index in [9.17, 15) is 0 Å². The Bertz CT molecular complexity index is 823. The molecule has 0 fully saturated rings. The van der Waals surface area contributed by atoms with Gasteiger partial charge in [0.25, 0.3) is 0 Å². The van der Waals surface area contributed by atoms with E-state index in [1.807, 2.05) is 12.1 Å². The Morgan fingerprint density at radius 2 is 1.29 bits per heavy atom. The molecular formula is C23H23N. The molecule has 24 heavy (non-hydrogen) atoms. The topological polar surface area (TPSA) is 12.0 Å². The minimum Gasteiger partial charge on any atom is -0.355 e. The van der Waals surface area contributed by atoms with Crippen molar-refractivity contribution < 1.29 is 0 Å². The fraction of sp³-hybridized carbons (Fsp3) is 0.130. The van der Waals surface area contributed by atoms with Crippen molar-refractivity contribution in [3.8, 4) is 0 Å². The molecule has 0 aliphatic heterocycles. The minimum absolute atomic E-state index is 1.10. The number of anilines is 1. The molecule has 0 atom stereocenters. The van der Waals surface area contributed by atoms with Crippen molar-refractivity contribution >= 4 is 17.5 Å². The van der Waals surface area contributed by atoms with Crippen LogP contribution in [-0.2, 0) is 0 Å². The van der Waals surface area contributed by atoms with Crippen LogP contribution in [0.1, 0.15) is 27.8 Å². The van der Waals surface area contributed by atoms with E-state index in [-0.39, 0.29) is 0 Å². The first-order valence-corrected chi connectivity index (χ1v) is 8.30. The van der Waals surface area contributed by atoms with E-state index in [4.69, 9.17) is 0 Å². The van der Waals surface area contributed by atoms with E-state index in [1.54, 1.807) is 0 Å². The molecule has 0 heterocycles. The van der Waals surface area contributed by atoms with Gasteiger partial charge in [-0.3, -0.25) is 0 Å². The average Bonchev–Trinajstić information content (AvgIpc) is 2.55. The second-order valence-corrected chi connectivity index (χ2v) is 6.23. The van der Waals surface area contributed by atoms with Gasteiger partial charge in [0.05, 0.1) is 0 Å². The molecule has 0 unspecified atom stereocenters. The number of benzene rings is 3. The number of hydrogen-bond acceptors (Lipinski definition) is 1. The van der Waals surface area contributed by atoms with Crippen LogP contribution >= 0.6 is 0 Å². The van der Waals surface area contributed by atoms with E-state index in [0.717, 1.165) is 11.4 Å². The predicted molar refractivity (Wildman–Crippen MR) is 105 cm³/mol. The highest BCUT2D eigenvalue weighted by Gasteiger charge is 2.10. The Morgan fingerprint density at radius 1 is 0.750 bits per heavy atom. The monoisotopic (exact) mass is 313 g/mol. The summed E-state index contributed by atoms with van der Waals surface area (Å²) in [4.78, 5) is 0. The maximum Gasteiger partial charge on any atom is 0.0469 e. The third-order valence-electron chi connectivity index (χ3n) is 4.11. The summed E-state index contributed by atoms with van der Waals surface area (Å²) in [6, 6.07) is 25.3. The second kappa shape index (κ2) is 7.18. The van der Waals surface area contributed by atoms with Crippen LogP contribution in [0.15, 0.2) is 72.8 Å². The van der Waals surface area contributed by atoms with Crippen molar-refractivity contribution in [3.05, 3.63) is 101 Å². The zero-order valence-corrected chi connectivity index (χ0v) is 14.5. The standard InChI is InChI=1S/C23H23N/c1-17-14-18(2)23(19(3)15-17)22(16-20-10-6-4-7-11-20)24-21-12-8-5-9-13-21/h4-16,24H,1-3H3. The van der Waals surface area contributed by atoms with Crippen LogP contribution in [0.4, 0.5) is 5.69 Å². The first kappa shape index (κ1) is 16.1. The summed E-state index contributed by atoms with van der Waals surface area (Å²) in [6.07, 6.45) is 2.22. The van der Waals surface area contributed by atoms with E-state index < -0.39 is 0 Å². The fourth-order valence-electron chi connectivity index (χ4n) is 3.17. The molecule has 3 aromatic carbocycles. The SMILES string of the molecule is Cc1cc(C)c(C(=Cc2ccccc2)Nc2ccccc2)c(C)c1. The van der Waals surface area contributed by atoms with Gasteiger partial charge in [-0.05, 0) is 55.7 Å². The molecule has 0 saturated carbocycles.